The van der Waals surface area contributed by atoms with Crippen molar-refractivity contribution < 1.29 is 38.1 Å². The molecule has 0 aromatic heterocycles. The molecule has 0 N–H and O–H groups in total. The van der Waals surface area contributed by atoms with Crippen LogP contribution in [0.1, 0.15) is 26.3 Å². The van der Waals surface area contributed by atoms with E-state index < -0.39 is 29.1 Å². The van der Waals surface area contributed by atoms with Gasteiger partial charge in [0.05, 0.1) is 25.2 Å². The van der Waals surface area contributed by atoms with Crippen molar-refractivity contribution in [3.05, 3.63) is 27.1 Å². The third-order valence-electron chi connectivity index (χ3n) is 4.05. The first-order chi connectivity index (χ1) is 14.7. The summed E-state index contributed by atoms with van der Waals surface area (Å²) in [6, 6.07) is 2.17. The number of carbonyl (C=O) groups excluding carboxylic acids is 4. The Bertz CT molecular complexity index is 917. The molecule has 1 aromatic rings. The molecule has 1 aliphatic heterocycles. The molecule has 1 saturated heterocycles. The highest BCUT2D eigenvalue weighted by Gasteiger charge is 2.41. The maximum Gasteiger partial charge on any atom is 0.344 e. The zero-order chi connectivity index (χ0) is 23.1. The number of thioether (sulfide) groups is 1. The molecule has 1 fully saturated rings. The van der Waals surface area contributed by atoms with E-state index in [0.717, 1.165) is 16.7 Å². The predicted octanol–water partition coefficient (Wildman–Crippen LogP) is 3.39. The number of imide groups is 1. The third kappa shape index (κ3) is 6.01. The van der Waals surface area contributed by atoms with E-state index >= 15 is 0 Å². The number of ether oxygens (including phenoxy) is 4. The lowest BCUT2D eigenvalue weighted by atomic mass is 10.1. The highest BCUT2D eigenvalue weighted by molar-refractivity contribution is 9.10. The summed E-state index contributed by atoms with van der Waals surface area (Å²) < 4.78 is 21.1. The van der Waals surface area contributed by atoms with Crippen LogP contribution in [0.3, 0.4) is 0 Å². The lowest BCUT2D eigenvalue weighted by Gasteiger charge is -2.18. The number of esters is 2. The third-order valence-corrected chi connectivity index (χ3v) is 5.62. The van der Waals surface area contributed by atoms with E-state index in [1.54, 1.807) is 26.0 Å². The molecule has 11 heteroatoms. The highest BCUT2D eigenvalue weighted by Crippen LogP contribution is 2.38. The van der Waals surface area contributed by atoms with Crippen LogP contribution in [0.25, 0.3) is 6.08 Å². The van der Waals surface area contributed by atoms with Crippen molar-refractivity contribution in [3.63, 3.8) is 0 Å². The zero-order valence-corrected chi connectivity index (χ0v) is 19.8. The molecule has 0 saturated carbocycles. The quantitative estimate of drug-likeness (QED) is 0.361. The number of nitrogens with zero attached hydrogens (tertiary/aromatic N) is 1. The summed E-state index contributed by atoms with van der Waals surface area (Å²) in [6.45, 7) is 5.20. The lowest BCUT2D eigenvalue weighted by molar-refractivity contribution is -0.148. The van der Waals surface area contributed by atoms with E-state index in [1.807, 2.05) is 0 Å². The van der Waals surface area contributed by atoms with Gasteiger partial charge in [0, 0.05) is 4.47 Å². The normalized spacial score (nSPS) is 15.8. The first kappa shape index (κ1) is 24.7. The van der Waals surface area contributed by atoms with Gasteiger partial charge in [0.25, 0.3) is 11.1 Å². The largest absolute Gasteiger partial charge is 0.490 e. The lowest BCUT2D eigenvalue weighted by Crippen LogP contribution is -2.42. The highest BCUT2D eigenvalue weighted by atomic mass is 79.9. The van der Waals surface area contributed by atoms with Gasteiger partial charge in [-0.3, -0.25) is 14.5 Å². The van der Waals surface area contributed by atoms with Crippen molar-refractivity contribution in [2.75, 3.05) is 26.9 Å². The predicted molar refractivity (Wildman–Crippen MR) is 117 cm³/mol. The summed E-state index contributed by atoms with van der Waals surface area (Å²) in [5.41, 5.74) is 0.545. The van der Waals surface area contributed by atoms with Crippen LogP contribution in [-0.2, 0) is 23.9 Å². The summed E-state index contributed by atoms with van der Waals surface area (Å²) in [6.07, 6.45) is 1.51. The van der Waals surface area contributed by atoms with Gasteiger partial charge >= 0.3 is 11.9 Å². The molecule has 2 rings (SSSR count). The first-order valence-corrected chi connectivity index (χ1v) is 10.9. The van der Waals surface area contributed by atoms with E-state index in [1.165, 1.54) is 20.1 Å². The molecular weight excluding hydrogens is 494 g/mol. The number of methoxy groups -OCH3 is 1. The molecule has 0 aliphatic carbocycles. The van der Waals surface area contributed by atoms with Gasteiger partial charge in [-0.25, -0.2) is 9.59 Å². The van der Waals surface area contributed by atoms with Crippen molar-refractivity contribution in [2.24, 2.45) is 0 Å². The minimum Gasteiger partial charge on any atom is -0.490 e. The number of benzene rings is 1. The summed E-state index contributed by atoms with van der Waals surface area (Å²) in [4.78, 5) is 49.3. The van der Waals surface area contributed by atoms with Crippen LogP contribution >= 0.6 is 27.7 Å². The van der Waals surface area contributed by atoms with Crippen LogP contribution in [-0.4, -0.2) is 61.0 Å². The van der Waals surface area contributed by atoms with Crippen molar-refractivity contribution in [1.82, 2.24) is 4.90 Å². The number of amides is 2. The van der Waals surface area contributed by atoms with Gasteiger partial charge in [0.15, 0.2) is 18.1 Å². The van der Waals surface area contributed by atoms with Crippen LogP contribution in [0.5, 0.6) is 11.5 Å². The Morgan fingerprint density at radius 1 is 1.16 bits per heavy atom. The Hall–Kier alpha value is -2.53. The monoisotopic (exact) mass is 515 g/mol. The minimum atomic E-state index is -1.04. The van der Waals surface area contributed by atoms with Crippen molar-refractivity contribution in [3.8, 4) is 11.5 Å². The van der Waals surface area contributed by atoms with Crippen LogP contribution in [0.4, 0.5) is 4.79 Å². The minimum absolute atomic E-state index is 0.143. The summed E-state index contributed by atoms with van der Waals surface area (Å²) in [5, 5.41) is -0.565. The fourth-order valence-corrected chi connectivity index (χ4v) is 3.95. The van der Waals surface area contributed by atoms with E-state index in [0.29, 0.717) is 28.1 Å². The van der Waals surface area contributed by atoms with Gasteiger partial charge in [-0.1, -0.05) is 15.9 Å². The molecule has 0 unspecified atom stereocenters. The molecule has 1 heterocycles. The average molecular weight is 516 g/mol. The van der Waals surface area contributed by atoms with Gasteiger partial charge < -0.3 is 18.9 Å². The Labute approximate surface area is 192 Å². The second-order valence-electron chi connectivity index (χ2n) is 6.10. The Morgan fingerprint density at radius 3 is 2.45 bits per heavy atom. The van der Waals surface area contributed by atoms with Crippen LogP contribution < -0.4 is 9.47 Å². The van der Waals surface area contributed by atoms with Crippen LogP contribution in [0.2, 0.25) is 0 Å². The van der Waals surface area contributed by atoms with Gasteiger partial charge in [0.2, 0.25) is 0 Å². The first-order valence-electron chi connectivity index (χ1n) is 9.33. The molecule has 0 spiro atoms. The molecule has 0 radical (unpaired) electrons. The molecular formula is C20H22BrNO8S. The Balaban J connectivity index is 2.32. The smallest absolute Gasteiger partial charge is 0.344 e. The van der Waals surface area contributed by atoms with Crippen LogP contribution in [0, 0.1) is 0 Å². The van der Waals surface area contributed by atoms with Gasteiger partial charge in [-0.15, -0.1) is 0 Å². The molecule has 9 nitrogen and oxygen atoms in total. The maximum atomic E-state index is 12.7. The molecule has 0 bridgehead atoms. The van der Waals surface area contributed by atoms with Gasteiger partial charge in [0.1, 0.15) is 6.04 Å². The van der Waals surface area contributed by atoms with Crippen molar-refractivity contribution in [2.45, 2.75) is 26.8 Å². The zero-order valence-electron chi connectivity index (χ0n) is 17.4. The van der Waals surface area contributed by atoms with E-state index in [-0.39, 0.29) is 18.1 Å². The van der Waals surface area contributed by atoms with E-state index in [2.05, 4.69) is 20.7 Å². The van der Waals surface area contributed by atoms with Crippen molar-refractivity contribution >= 4 is 56.9 Å². The molecule has 1 aromatic carbocycles. The second kappa shape index (κ2) is 11.2. The Morgan fingerprint density at radius 2 is 1.84 bits per heavy atom. The fraction of sp³-hybridized carbons (Fsp3) is 0.400. The number of hydrogen-bond donors (Lipinski definition) is 0. The summed E-state index contributed by atoms with van der Waals surface area (Å²) in [7, 11) is 1.19. The standard InChI is InChI=1S/C20H22BrNO8S/c1-5-28-14-7-12(13(21)9-15(14)30-10-17(23)29-6-2)8-16-18(24)22(20(26)31-16)11(3)19(25)27-4/h7-9,11H,5-6,10H2,1-4H3/b16-8+/t11-/m1/s1. The number of halogens is 1. The molecule has 168 valence electrons. The average Bonchev–Trinajstić information content (AvgIpc) is 3.01. The molecule has 1 atom stereocenters. The SMILES string of the molecule is CCOC(=O)COc1cc(Br)c(/C=C2/SC(=O)N([C@H](C)C(=O)OC)C2=O)cc1OCC. The topological polar surface area (TPSA) is 108 Å². The molecule has 1 aliphatic rings. The molecule has 2 amide bonds. The second-order valence-corrected chi connectivity index (χ2v) is 7.95. The summed E-state index contributed by atoms with van der Waals surface area (Å²) >= 11 is 4.12. The molecule has 31 heavy (non-hydrogen) atoms. The number of hydrogen-bond acceptors (Lipinski definition) is 9. The number of rotatable bonds is 9. The summed E-state index contributed by atoms with van der Waals surface area (Å²) in [5.74, 6) is -1.14. The van der Waals surface area contributed by atoms with E-state index in [4.69, 9.17) is 14.2 Å². The fourth-order valence-electron chi connectivity index (χ4n) is 2.61. The Kier molecular flexibility index (Phi) is 8.93. The maximum absolute atomic E-state index is 12.7. The van der Waals surface area contributed by atoms with Gasteiger partial charge in [-0.05, 0) is 56.3 Å². The number of carbonyl (C=O) groups is 4. The van der Waals surface area contributed by atoms with Crippen LogP contribution in [0.15, 0.2) is 21.5 Å². The van der Waals surface area contributed by atoms with Crippen molar-refractivity contribution in [1.29, 1.82) is 0 Å². The van der Waals surface area contributed by atoms with Gasteiger partial charge in [-0.2, -0.15) is 0 Å². The van der Waals surface area contributed by atoms with E-state index in [9.17, 15) is 19.2 Å².